The molecule has 2 rings (SSSR count). The van der Waals surface area contributed by atoms with Gasteiger partial charge in [0.25, 0.3) is 0 Å². The molecule has 1 aliphatic carbocycles. The highest BCUT2D eigenvalue weighted by Gasteiger charge is 2.21. The molecule has 0 saturated carbocycles. The molecule has 0 bridgehead atoms. The highest BCUT2D eigenvalue weighted by molar-refractivity contribution is 9.10. The van der Waals surface area contributed by atoms with Gasteiger partial charge in [0.1, 0.15) is 0 Å². The second kappa shape index (κ2) is 2.80. The van der Waals surface area contributed by atoms with Gasteiger partial charge in [0.05, 0.1) is 5.38 Å². The fraction of sp³-hybridized carbons (Fsp3) is 0.333. The fourth-order valence-corrected chi connectivity index (χ4v) is 2.45. The van der Waals surface area contributed by atoms with Gasteiger partial charge in [-0.1, -0.05) is 28.1 Å². The molecule has 0 heterocycles. The van der Waals surface area contributed by atoms with Gasteiger partial charge in [-0.25, -0.2) is 0 Å². The number of benzene rings is 1. The van der Waals surface area contributed by atoms with E-state index >= 15 is 0 Å². The van der Waals surface area contributed by atoms with E-state index in [4.69, 9.17) is 11.6 Å². The lowest BCUT2D eigenvalue weighted by Gasteiger charge is -2.02. The molecule has 0 saturated heterocycles. The Morgan fingerprint density at radius 2 is 2.27 bits per heavy atom. The first kappa shape index (κ1) is 7.63. The van der Waals surface area contributed by atoms with Gasteiger partial charge in [0.15, 0.2) is 0 Å². The molecular formula is C9H8BrCl. The van der Waals surface area contributed by atoms with Crippen LogP contribution in [0.3, 0.4) is 0 Å². The molecule has 0 aliphatic heterocycles. The minimum absolute atomic E-state index is 0.238. The number of halogens is 2. The van der Waals surface area contributed by atoms with Gasteiger partial charge in [0, 0.05) is 4.47 Å². The van der Waals surface area contributed by atoms with Crippen LogP contribution in [0, 0.1) is 0 Å². The summed E-state index contributed by atoms with van der Waals surface area (Å²) in [6.45, 7) is 0. The van der Waals surface area contributed by atoms with E-state index in [-0.39, 0.29) is 5.38 Å². The number of hydrogen-bond donors (Lipinski definition) is 0. The lowest BCUT2D eigenvalue weighted by Crippen LogP contribution is -1.83. The third kappa shape index (κ3) is 1.21. The molecule has 0 aromatic heterocycles. The number of alkyl halides is 1. The summed E-state index contributed by atoms with van der Waals surface area (Å²) in [5, 5.41) is 0.238. The summed E-state index contributed by atoms with van der Waals surface area (Å²) >= 11 is 9.61. The zero-order chi connectivity index (χ0) is 7.84. The van der Waals surface area contributed by atoms with Gasteiger partial charge in [-0.05, 0) is 30.0 Å². The monoisotopic (exact) mass is 230 g/mol. The van der Waals surface area contributed by atoms with Crippen LogP contribution in [0.5, 0.6) is 0 Å². The molecule has 11 heavy (non-hydrogen) atoms. The van der Waals surface area contributed by atoms with Crippen molar-refractivity contribution in [1.29, 1.82) is 0 Å². The van der Waals surface area contributed by atoms with Crippen LogP contribution in [0.15, 0.2) is 22.7 Å². The van der Waals surface area contributed by atoms with Crippen molar-refractivity contribution in [2.45, 2.75) is 18.2 Å². The molecule has 0 N–H and O–H groups in total. The van der Waals surface area contributed by atoms with Crippen molar-refractivity contribution < 1.29 is 0 Å². The second-order valence-corrected chi connectivity index (χ2v) is 4.19. The molecule has 2 heteroatoms. The van der Waals surface area contributed by atoms with Gasteiger partial charge >= 0.3 is 0 Å². The third-order valence-corrected chi connectivity index (χ3v) is 3.34. The van der Waals surface area contributed by atoms with Gasteiger partial charge in [-0.15, -0.1) is 11.6 Å². The molecular weight excluding hydrogens is 223 g/mol. The van der Waals surface area contributed by atoms with Crippen molar-refractivity contribution in [3.63, 3.8) is 0 Å². The second-order valence-electron chi connectivity index (χ2n) is 2.81. The fourth-order valence-electron chi connectivity index (χ4n) is 1.56. The van der Waals surface area contributed by atoms with E-state index in [0.29, 0.717) is 0 Å². The predicted octanol–water partition coefficient (Wildman–Crippen LogP) is 3.68. The van der Waals surface area contributed by atoms with Crippen LogP contribution in [0.1, 0.15) is 22.9 Å². The third-order valence-electron chi connectivity index (χ3n) is 2.14. The molecule has 1 aromatic carbocycles. The molecule has 58 valence electrons. The molecule has 0 nitrogen and oxygen atoms in total. The quantitative estimate of drug-likeness (QED) is 0.598. The molecule has 1 atom stereocenters. The van der Waals surface area contributed by atoms with E-state index < -0.39 is 0 Å². The highest BCUT2D eigenvalue weighted by Crippen LogP contribution is 2.39. The first-order chi connectivity index (χ1) is 5.29. The van der Waals surface area contributed by atoms with Crippen molar-refractivity contribution in [3.05, 3.63) is 33.8 Å². The lowest BCUT2D eigenvalue weighted by molar-refractivity contribution is 0.881. The zero-order valence-corrected chi connectivity index (χ0v) is 8.32. The zero-order valence-electron chi connectivity index (χ0n) is 5.98. The van der Waals surface area contributed by atoms with Crippen LogP contribution in [0.2, 0.25) is 0 Å². The Morgan fingerprint density at radius 1 is 1.45 bits per heavy atom. The summed E-state index contributed by atoms with van der Waals surface area (Å²) in [4.78, 5) is 0. The normalized spacial score (nSPS) is 21.8. The Kier molecular flexibility index (Phi) is 1.94. The van der Waals surface area contributed by atoms with Crippen molar-refractivity contribution in [1.82, 2.24) is 0 Å². The van der Waals surface area contributed by atoms with E-state index in [1.807, 2.05) is 6.07 Å². The summed E-state index contributed by atoms with van der Waals surface area (Å²) < 4.78 is 1.21. The van der Waals surface area contributed by atoms with Crippen molar-refractivity contribution in [2.75, 3.05) is 0 Å². The minimum Gasteiger partial charge on any atom is -0.118 e. The average Bonchev–Trinajstić information content (AvgIpc) is 2.35. The molecule has 1 aromatic rings. The Labute approximate surface area is 79.7 Å². The Bertz CT molecular complexity index is 283. The smallest absolute Gasteiger partial charge is 0.0591 e. The SMILES string of the molecule is ClC1CCc2c(Br)cccc21. The Balaban J connectivity index is 2.57. The minimum atomic E-state index is 0.238. The van der Waals surface area contributed by atoms with E-state index in [1.54, 1.807) is 0 Å². The van der Waals surface area contributed by atoms with Crippen molar-refractivity contribution in [2.24, 2.45) is 0 Å². The maximum atomic E-state index is 6.09. The van der Waals surface area contributed by atoms with Gasteiger partial charge in [0.2, 0.25) is 0 Å². The summed E-state index contributed by atoms with van der Waals surface area (Å²) in [5.41, 5.74) is 2.70. The van der Waals surface area contributed by atoms with E-state index in [9.17, 15) is 0 Å². The van der Waals surface area contributed by atoms with Gasteiger partial charge in [-0.3, -0.25) is 0 Å². The first-order valence-electron chi connectivity index (χ1n) is 3.70. The molecule has 0 fully saturated rings. The van der Waals surface area contributed by atoms with E-state index in [0.717, 1.165) is 12.8 Å². The molecule has 0 radical (unpaired) electrons. The van der Waals surface area contributed by atoms with Crippen molar-refractivity contribution >= 4 is 27.5 Å². The van der Waals surface area contributed by atoms with Crippen molar-refractivity contribution in [3.8, 4) is 0 Å². The Hall–Kier alpha value is -0.0100. The molecule has 0 amide bonds. The lowest BCUT2D eigenvalue weighted by atomic mass is 10.1. The maximum absolute atomic E-state index is 6.09. The molecule has 1 aliphatic rings. The van der Waals surface area contributed by atoms with Crippen LogP contribution >= 0.6 is 27.5 Å². The van der Waals surface area contributed by atoms with Crippen LogP contribution in [-0.4, -0.2) is 0 Å². The standard InChI is InChI=1S/C9H8BrCl/c10-8-3-1-2-7-6(8)4-5-9(7)11/h1-3,9H,4-5H2. The molecule has 1 unspecified atom stereocenters. The first-order valence-corrected chi connectivity index (χ1v) is 4.93. The van der Waals surface area contributed by atoms with Gasteiger partial charge < -0.3 is 0 Å². The van der Waals surface area contributed by atoms with Crippen LogP contribution < -0.4 is 0 Å². The summed E-state index contributed by atoms with van der Waals surface area (Å²) in [6, 6.07) is 6.24. The number of rotatable bonds is 0. The van der Waals surface area contributed by atoms with E-state index in [1.165, 1.54) is 15.6 Å². The number of fused-ring (bicyclic) bond motifs is 1. The predicted molar refractivity (Wildman–Crippen MR) is 51.1 cm³/mol. The highest BCUT2D eigenvalue weighted by atomic mass is 79.9. The van der Waals surface area contributed by atoms with Crippen LogP contribution in [0.4, 0.5) is 0 Å². The van der Waals surface area contributed by atoms with Crippen LogP contribution in [-0.2, 0) is 6.42 Å². The summed E-state index contributed by atoms with van der Waals surface area (Å²) in [6.07, 6.45) is 2.20. The van der Waals surface area contributed by atoms with Gasteiger partial charge in [-0.2, -0.15) is 0 Å². The summed E-state index contributed by atoms with van der Waals surface area (Å²) in [7, 11) is 0. The van der Waals surface area contributed by atoms with Crippen LogP contribution in [0.25, 0.3) is 0 Å². The van der Waals surface area contributed by atoms with E-state index in [2.05, 4.69) is 28.1 Å². The number of hydrogen-bond acceptors (Lipinski definition) is 0. The maximum Gasteiger partial charge on any atom is 0.0591 e. The summed E-state index contributed by atoms with van der Waals surface area (Å²) in [5.74, 6) is 0. The topological polar surface area (TPSA) is 0 Å². The molecule has 0 spiro atoms. The largest absolute Gasteiger partial charge is 0.118 e. The average molecular weight is 232 g/mol. The Morgan fingerprint density at radius 3 is 3.00 bits per heavy atom.